The Morgan fingerprint density at radius 2 is 2.21 bits per heavy atom. The van der Waals surface area contributed by atoms with Crippen LogP contribution in [0.3, 0.4) is 0 Å². The molecular formula is C10H14N2OS. The zero-order valence-corrected chi connectivity index (χ0v) is 8.90. The van der Waals surface area contributed by atoms with Crippen molar-refractivity contribution in [2.24, 2.45) is 10.9 Å². The Morgan fingerprint density at radius 1 is 1.43 bits per heavy atom. The van der Waals surface area contributed by atoms with Gasteiger partial charge in [-0.05, 0) is 18.8 Å². The molecule has 1 aliphatic heterocycles. The van der Waals surface area contributed by atoms with Crippen molar-refractivity contribution >= 4 is 22.8 Å². The zero-order valence-electron chi connectivity index (χ0n) is 8.08. The van der Waals surface area contributed by atoms with Gasteiger partial charge in [-0.2, -0.15) is 4.99 Å². The van der Waals surface area contributed by atoms with E-state index in [1.807, 2.05) is 0 Å². The number of nitrogens with one attached hydrogen (secondary N) is 1. The summed E-state index contributed by atoms with van der Waals surface area (Å²) in [6, 6.07) is 0. The van der Waals surface area contributed by atoms with Crippen LogP contribution in [0.4, 0.5) is 0 Å². The van der Waals surface area contributed by atoms with Crippen LogP contribution in [0.15, 0.2) is 4.99 Å². The van der Waals surface area contributed by atoms with E-state index < -0.39 is 0 Å². The zero-order chi connectivity index (χ0) is 9.80. The molecule has 0 atom stereocenters. The Labute approximate surface area is 88.7 Å². The van der Waals surface area contributed by atoms with Gasteiger partial charge >= 0.3 is 0 Å². The van der Waals surface area contributed by atoms with Crippen molar-refractivity contribution in [1.82, 2.24) is 5.32 Å². The fourth-order valence-electron chi connectivity index (χ4n) is 1.93. The van der Waals surface area contributed by atoms with Gasteiger partial charge in [0.25, 0.3) is 5.91 Å². The molecule has 0 aromatic rings. The van der Waals surface area contributed by atoms with E-state index in [1.54, 1.807) is 0 Å². The van der Waals surface area contributed by atoms with E-state index in [0.717, 1.165) is 17.6 Å². The van der Waals surface area contributed by atoms with E-state index in [2.05, 4.69) is 16.1 Å². The van der Waals surface area contributed by atoms with E-state index in [4.69, 9.17) is 0 Å². The second-order valence-electron chi connectivity index (χ2n) is 3.81. The van der Waals surface area contributed by atoms with E-state index in [-0.39, 0.29) is 5.91 Å². The Kier molecular flexibility index (Phi) is 3.45. The number of aliphatic imine (C=N–C) groups is 1. The predicted octanol–water partition coefficient (Wildman–Crippen LogP) is 1.82. The third kappa shape index (κ3) is 2.74. The van der Waals surface area contributed by atoms with Gasteiger partial charge < -0.3 is 5.32 Å². The highest BCUT2D eigenvalue weighted by atomic mass is 32.2. The van der Waals surface area contributed by atoms with Crippen LogP contribution in [0, 0.1) is 11.7 Å². The lowest BCUT2D eigenvalue weighted by Crippen LogP contribution is -2.27. The molecular weight excluding hydrogens is 196 g/mol. The van der Waals surface area contributed by atoms with Crippen molar-refractivity contribution in [3.63, 3.8) is 0 Å². The highest BCUT2D eigenvalue weighted by molar-refractivity contribution is 8.16. The molecule has 2 radical (unpaired) electrons. The van der Waals surface area contributed by atoms with Crippen LogP contribution in [-0.4, -0.2) is 17.6 Å². The summed E-state index contributed by atoms with van der Waals surface area (Å²) in [6.07, 6.45) is 6.71. The summed E-state index contributed by atoms with van der Waals surface area (Å²) >= 11 is 1.28. The monoisotopic (exact) mass is 210 g/mol. The molecule has 1 N–H and O–H groups in total. The first-order valence-corrected chi connectivity index (χ1v) is 5.95. The SMILES string of the molecule is O=C1[C]SC(NCC2CCCCC2)=N1. The van der Waals surface area contributed by atoms with Gasteiger partial charge in [0.2, 0.25) is 0 Å². The van der Waals surface area contributed by atoms with Gasteiger partial charge in [-0.15, -0.1) is 0 Å². The minimum atomic E-state index is -0.249. The molecule has 2 aliphatic rings. The van der Waals surface area contributed by atoms with Crippen LogP contribution in [0.5, 0.6) is 0 Å². The molecule has 76 valence electrons. The number of nitrogens with zero attached hydrogens (tertiary/aromatic N) is 1. The lowest BCUT2D eigenvalue weighted by Gasteiger charge is -2.21. The number of amidine groups is 1. The Hall–Kier alpha value is -0.510. The van der Waals surface area contributed by atoms with Gasteiger partial charge in [-0.3, -0.25) is 4.79 Å². The fraction of sp³-hybridized carbons (Fsp3) is 0.700. The van der Waals surface area contributed by atoms with Gasteiger partial charge in [0.05, 0.1) is 0 Å². The minimum absolute atomic E-state index is 0.249. The van der Waals surface area contributed by atoms with Crippen LogP contribution < -0.4 is 5.32 Å². The number of amides is 1. The van der Waals surface area contributed by atoms with E-state index in [0.29, 0.717) is 0 Å². The maximum absolute atomic E-state index is 10.7. The van der Waals surface area contributed by atoms with Crippen molar-refractivity contribution in [3.8, 4) is 0 Å². The average Bonchev–Trinajstić information content (AvgIpc) is 2.63. The molecule has 1 heterocycles. The number of hydrogen-bond acceptors (Lipinski definition) is 3. The molecule has 0 unspecified atom stereocenters. The molecule has 1 saturated carbocycles. The molecule has 4 heteroatoms. The first-order valence-electron chi connectivity index (χ1n) is 5.14. The van der Waals surface area contributed by atoms with Gasteiger partial charge in [0.15, 0.2) is 10.9 Å². The Balaban J connectivity index is 1.71. The number of rotatable bonds is 2. The predicted molar refractivity (Wildman–Crippen MR) is 57.9 cm³/mol. The van der Waals surface area contributed by atoms with Crippen molar-refractivity contribution < 1.29 is 4.79 Å². The average molecular weight is 210 g/mol. The molecule has 0 aromatic heterocycles. The summed E-state index contributed by atoms with van der Waals surface area (Å²) in [6.45, 7) is 0.959. The number of hydrogen-bond donors (Lipinski definition) is 1. The summed E-state index contributed by atoms with van der Waals surface area (Å²) in [4.78, 5) is 14.5. The van der Waals surface area contributed by atoms with Gasteiger partial charge in [-0.1, -0.05) is 31.0 Å². The third-order valence-corrected chi connectivity index (χ3v) is 3.41. The van der Waals surface area contributed by atoms with Gasteiger partial charge in [-0.25, -0.2) is 0 Å². The summed E-state index contributed by atoms with van der Waals surface area (Å²) in [7, 11) is 0. The topological polar surface area (TPSA) is 41.5 Å². The smallest absolute Gasteiger partial charge is 0.268 e. The second kappa shape index (κ2) is 4.82. The molecule has 0 aromatic carbocycles. The Morgan fingerprint density at radius 3 is 2.86 bits per heavy atom. The molecule has 0 spiro atoms. The first kappa shape index (κ1) is 10.0. The number of carbonyl (C=O) groups is 1. The molecule has 1 fully saturated rings. The summed E-state index contributed by atoms with van der Waals surface area (Å²) in [5.41, 5.74) is 0. The summed E-state index contributed by atoms with van der Waals surface area (Å²) in [5, 5.41) is 3.93. The highest BCUT2D eigenvalue weighted by Crippen LogP contribution is 2.23. The van der Waals surface area contributed by atoms with Crippen LogP contribution in [0.2, 0.25) is 0 Å². The van der Waals surface area contributed by atoms with E-state index in [1.165, 1.54) is 43.9 Å². The standard InChI is InChI=1S/C10H14N2OS/c13-9-7-14-10(12-9)11-6-8-4-2-1-3-5-8/h8H,1-6H2,(H,11,12,13). The first-order chi connectivity index (χ1) is 6.84. The molecule has 0 saturated heterocycles. The number of thioether (sulfide) groups is 1. The quantitative estimate of drug-likeness (QED) is 0.756. The normalized spacial score (nSPS) is 23.7. The van der Waals surface area contributed by atoms with Crippen LogP contribution in [0.25, 0.3) is 0 Å². The van der Waals surface area contributed by atoms with Crippen LogP contribution >= 0.6 is 11.8 Å². The Bertz CT molecular complexity index is 247. The molecule has 0 bridgehead atoms. The van der Waals surface area contributed by atoms with Crippen molar-refractivity contribution in [2.75, 3.05) is 6.54 Å². The molecule has 1 amide bonds. The largest absolute Gasteiger partial charge is 0.364 e. The van der Waals surface area contributed by atoms with Crippen molar-refractivity contribution in [2.45, 2.75) is 32.1 Å². The van der Waals surface area contributed by atoms with Crippen LogP contribution in [-0.2, 0) is 4.79 Å². The van der Waals surface area contributed by atoms with Crippen LogP contribution in [0.1, 0.15) is 32.1 Å². The fourth-order valence-corrected chi connectivity index (χ4v) is 2.44. The van der Waals surface area contributed by atoms with E-state index in [9.17, 15) is 4.79 Å². The summed E-state index contributed by atoms with van der Waals surface area (Å²) < 4.78 is 0. The van der Waals surface area contributed by atoms with Crippen molar-refractivity contribution in [3.05, 3.63) is 5.75 Å². The van der Waals surface area contributed by atoms with E-state index >= 15 is 0 Å². The lowest BCUT2D eigenvalue weighted by atomic mass is 9.89. The molecule has 14 heavy (non-hydrogen) atoms. The maximum Gasteiger partial charge on any atom is 0.268 e. The minimum Gasteiger partial charge on any atom is -0.364 e. The maximum atomic E-state index is 10.7. The van der Waals surface area contributed by atoms with Gasteiger partial charge in [0, 0.05) is 6.54 Å². The van der Waals surface area contributed by atoms with Crippen molar-refractivity contribution in [1.29, 1.82) is 0 Å². The van der Waals surface area contributed by atoms with Gasteiger partial charge in [0.1, 0.15) is 0 Å². The molecule has 1 aliphatic carbocycles. The molecule has 3 nitrogen and oxygen atoms in total. The third-order valence-electron chi connectivity index (χ3n) is 2.70. The summed E-state index contributed by atoms with van der Waals surface area (Å²) in [5.74, 6) is 3.09. The second-order valence-corrected chi connectivity index (χ2v) is 4.61. The molecule has 2 rings (SSSR count). The highest BCUT2D eigenvalue weighted by Gasteiger charge is 2.18. The lowest BCUT2D eigenvalue weighted by molar-refractivity contribution is -0.113. The number of carbonyl (C=O) groups excluding carboxylic acids is 1.